The Hall–Kier alpha value is -3.28. The van der Waals surface area contributed by atoms with Crippen LogP contribution < -0.4 is 10.1 Å². The molecule has 3 aromatic rings. The maximum atomic E-state index is 8.47. The van der Waals surface area contributed by atoms with E-state index in [0.29, 0.717) is 5.82 Å². The third-order valence-electron chi connectivity index (χ3n) is 3.34. The fraction of sp³-hybridized carbons (Fsp3) is 0.0588. The van der Waals surface area contributed by atoms with Crippen LogP contribution >= 0.6 is 0 Å². The summed E-state index contributed by atoms with van der Waals surface area (Å²) >= 11 is 0. The molecule has 2 N–H and O–H groups in total. The number of nitrogens with zero attached hydrogens (tertiary/aromatic N) is 3. The molecule has 0 saturated carbocycles. The average Bonchev–Trinajstić information content (AvgIpc) is 2.95. The van der Waals surface area contributed by atoms with E-state index < -0.39 is 0 Å². The van der Waals surface area contributed by atoms with Gasteiger partial charge >= 0.3 is 0 Å². The molecule has 6 nitrogen and oxygen atoms in total. The second-order valence-corrected chi connectivity index (χ2v) is 4.85. The normalized spacial score (nSPS) is 10.8. The molecule has 0 saturated heterocycles. The number of hydrogen-bond donors (Lipinski definition) is 2. The van der Waals surface area contributed by atoms with Crippen LogP contribution in [0.4, 0.5) is 5.82 Å². The molecule has 23 heavy (non-hydrogen) atoms. The quantitative estimate of drug-likeness (QED) is 0.325. The molecule has 0 aliphatic heterocycles. The molecule has 0 atom stereocenters. The van der Waals surface area contributed by atoms with Crippen LogP contribution in [-0.2, 0) is 0 Å². The molecular weight excluding hydrogens is 292 g/mol. The molecular formula is C17H16N4O2. The van der Waals surface area contributed by atoms with Crippen molar-refractivity contribution in [3.63, 3.8) is 0 Å². The molecule has 1 aromatic heterocycles. The molecule has 116 valence electrons. The number of imidazole rings is 1. The summed E-state index contributed by atoms with van der Waals surface area (Å²) < 4.78 is 7.77. The minimum absolute atomic E-state index is 0.622. The van der Waals surface area contributed by atoms with Gasteiger partial charge in [-0.05, 0) is 31.2 Å². The molecule has 0 amide bonds. The number of para-hydroxylation sites is 1. The van der Waals surface area contributed by atoms with E-state index in [1.807, 2.05) is 66.1 Å². The van der Waals surface area contributed by atoms with Crippen LogP contribution in [0.5, 0.6) is 11.5 Å². The first-order chi connectivity index (χ1) is 11.3. The smallest absolute Gasteiger partial charge is 0.152 e. The van der Waals surface area contributed by atoms with Gasteiger partial charge in [-0.3, -0.25) is 0 Å². The summed E-state index contributed by atoms with van der Waals surface area (Å²) in [5.41, 5.74) is 1.82. The summed E-state index contributed by atoms with van der Waals surface area (Å²) in [6.07, 6.45) is 2.87. The van der Waals surface area contributed by atoms with E-state index in [0.717, 1.165) is 22.9 Å². The second-order valence-electron chi connectivity index (χ2n) is 4.85. The van der Waals surface area contributed by atoms with Crippen LogP contribution in [0, 0.1) is 6.92 Å². The number of anilines is 1. The van der Waals surface area contributed by atoms with Gasteiger partial charge in [0.25, 0.3) is 0 Å². The lowest BCUT2D eigenvalue weighted by atomic mass is 10.3. The highest BCUT2D eigenvalue weighted by Crippen LogP contribution is 2.25. The van der Waals surface area contributed by atoms with Crippen LogP contribution in [0.1, 0.15) is 5.69 Å². The molecule has 0 aliphatic carbocycles. The van der Waals surface area contributed by atoms with E-state index in [2.05, 4.69) is 15.5 Å². The second kappa shape index (κ2) is 6.65. The molecule has 0 bridgehead atoms. The van der Waals surface area contributed by atoms with Crippen molar-refractivity contribution in [1.29, 1.82) is 0 Å². The van der Waals surface area contributed by atoms with Crippen LogP contribution in [-0.4, -0.2) is 21.1 Å². The van der Waals surface area contributed by atoms with Crippen molar-refractivity contribution < 1.29 is 9.94 Å². The van der Waals surface area contributed by atoms with Gasteiger partial charge in [-0.25, -0.2) is 4.98 Å². The maximum absolute atomic E-state index is 8.47. The van der Waals surface area contributed by atoms with Gasteiger partial charge in [-0.15, -0.1) is 0 Å². The van der Waals surface area contributed by atoms with Crippen LogP contribution in [0.3, 0.4) is 0 Å². The Kier molecular flexibility index (Phi) is 4.24. The van der Waals surface area contributed by atoms with Crippen molar-refractivity contribution in [3.8, 4) is 17.2 Å². The minimum Gasteiger partial charge on any atom is -0.457 e. The van der Waals surface area contributed by atoms with Crippen molar-refractivity contribution >= 4 is 12.2 Å². The van der Waals surface area contributed by atoms with E-state index in [1.54, 1.807) is 6.33 Å². The molecule has 0 aliphatic rings. The summed E-state index contributed by atoms with van der Waals surface area (Å²) in [6, 6.07) is 17.4. The van der Waals surface area contributed by atoms with Gasteiger partial charge in [0.2, 0.25) is 0 Å². The predicted molar refractivity (Wildman–Crippen MR) is 88.7 cm³/mol. The van der Waals surface area contributed by atoms with Gasteiger partial charge in [0.05, 0.1) is 11.4 Å². The molecule has 2 aromatic carbocycles. The molecule has 3 rings (SSSR count). The van der Waals surface area contributed by atoms with Crippen molar-refractivity contribution in [2.24, 2.45) is 5.16 Å². The van der Waals surface area contributed by atoms with Gasteiger partial charge in [0.1, 0.15) is 24.2 Å². The predicted octanol–water partition coefficient (Wildman–Crippen LogP) is 3.80. The Morgan fingerprint density at radius 1 is 1.13 bits per heavy atom. The van der Waals surface area contributed by atoms with Gasteiger partial charge in [-0.1, -0.05) is 29.4 Å². The summed E-state index contributed by atoms with van der Waals surface area (Å²) in [6.45, 7) is 1.92. The highest BCUT2D eigenvalue weighted by Gasteiger charge is 2.08. The number of benzene rings is 2. The van der Waals surface area contributed by atoms with Crippen molar-refractivity contribution in [2.75, 3.05) is 5.32 Å². The average molecular weight is 308 g/mol. The van der Waals surface area contributed by atoms with Gasteiger partial charge in [0, 0.05) is 6.07 Å². The number of rotatable bonds is 5. The molecule has 0 spiro atoms. The first kappa shape index (κ1) is 14.6. The standard InChI is InChI=1S/C17H16N4O2/c1-13-17(18-11-20-22)19-12-21(13)14-6-5-9-16(10-14)23-15-7-3-2-4-8-15/h2-12,22H,1H3,(H,18,20). The van der Waals surface area contributed by atoms with E-state index in [4.69, 9.17) is 9.94 Å². The fourth-order valence-corrected chi connectivity index (χ4v) is 2.22. The number of hydrogen-bond acceptors (Lipinski definition) is 4. The number of oxime groups is 1. The Balaban J connectivity index is 1.86. The van der Waals surface area contributed by atoms with Crippen molar-refractivity contribution in [2.45, 2.75) is 6.92 Å². The van der Waals surface area contributed by atoms with E-state index in [-0.39, 0.29) is 0 Å². The summed E-state index contributed by atoms with van der Waals surface area (Å²) in [5.74, 6) is 2.15. The number of nitrogens with one attached hydrogen (secondary N) is 1. The Morgan fingerprint density at radius 3 is 2.70 bits per heavy atom. The van der Waals surface area contributed by atoms with Gasteiger partial charge in [-0.2, -0.15) is 0 Å². The Morgan fingerprint density at radius 2 is 1.91 bits per heavy atom. The molecule has 6 heteroatoms. The SMILES string of the molecule is Cc1c(NC=NO)ncn1-c1cccc(Oc2ccccc2)c1. The third-order valence-corrected chi connectivity index (χ3v) is 3.34. The van der Waals surface area contributed by atoms with Gasteiger partial charge < -0.3 is 19.8 Å². The van der Waals surface area contributed by atoms with E-state index >= 15 is 0 Å². The van der Waals surface area contributed by atoms with Crippen LogP contribution in [0.15, 0.2) is 66.1 Å². The molecule has 0 unspecified atom stereocenters. The van der Waals surface area contributed by atoms with Crippen LogP contribution in [0.25, 0.3) is 5.69 Å². The lowest BCUT2D eigenvalue weighted by Crippen LogP contribution is -1.99. The first-order valence-corrected chi connectivity index (χ1v) is 7.07. The third kappa shape index (κ3) is 3.32. The Bertz CT molecular complexity index is 812. The zero-order chi connectivity index (χ0) is 16.1. The largest absolute Gasteiger partial charge is 0.457 e. The van der Waals surface area contributed by atoms with Crippen LogP contribution in [0.2, 0.25) is 0 Å². The number of ether oxygens (including phenoxy) is 1. The maximum Gasteiger partial charge on any atom is 0.152 e. The molecule has 1 heterocycles. The highest BCUT2D eigenvalue weighted by molar-refractivity contribution is 5.74. The topological polar surface area (TPSA) is 71.7 Å². The summed E-state index contributed by atoms with van der Waals surface area (Å²) in [5, 5.41) is 14.2. The monoisotopic (exact) mass is 308 g/mol. The van der Waals surface area contributed by atoms with Crippen molar-refractivity contribution in [3.05, 3.63) is 66.6 Å². The summed E-state index contributed by atoms with van der Waals surface area (Å²) in [4.78, 5) is 4.25. The zero-order valence-corrected chi connectivity index (χ0v) is 12.5. The Labute approximate surface area is 133 Å². The molecule has 0 fully saturated rings. The lowest BCUT2D eigenvalue weighted by molar-refractivity contribution is 0.321. The minimum atomic E-state index is 0.622. The van der Waals surface area contributed by atoms with E-state index in [1.165, 1.54) is 6.34 Å². The number of aromatic nitrogens is 2. The fourth-order valence-electron chi connectivity index (χ4n) is 2.22. The van der Waals surface area contributed by atoms with Gasteiger partial charge in [0.15, 0.2) is 5.82 Å². The highest BCUT2D eigenvalue weighted by atomic mass is 16.5. The van der Waals surface area contributed by atoms with E-state index in [9.17, 15) is 0 Å². The zero-order valence-electron chi connectivity index (χ0n) is 12.5. The summed E-state index contributed by atoms with van der Waals surface area (Å²) in [7, 11) is 0. The first-order valence-electron chi connectivity index (χ1n) is 7.07. The van der Waals surface area contributed by atoms with Crippen molar-refractivity contribution in [1.82, 2.24) is 9.55 Å². The lowest BCUT2D eigenvalue weighted by Gasteiger charge is -2.09. The molecule has 0 radical (unpaired) electrons.